The molecule has 0 spiro atoms. The second kappa shape index (κ2) is 5.43. The molecule has 1 amide bonds. The van der Waals surface area contributed by atoms with Gasteiger partial charge in [0.05, 0.1) is 16.9 Å². The second-order valence-corrected chi connectivity index (χ2v) is 4.39. The van der Waals surface area contributed by atoms with E-state index in [2.05, 4.69) is 5.32 Å². The highest BCUT2D eigenvalue weighted by Crippen LogP contribution is 2.22. The van der Waals surface area contributed by atoms with Crippen molar-refractivity contribution >= 4 is 17.3 Å². The summed E-state index contributed by atoms with van der Waals surface area (Å²) in [6.07, 6.45) is 0. The fourth-order valence-corrected chi connectivity index (χ4v) is 1.68. The molecule has 0 radical (unpaired) electrons. The first-order chi connectivity index (χ1) is 9.79. The van der Waals surface area contributed by atoms with Crippen LogP contribution in [0.2, 0.25) is 0 Å². The molecule has 0 aliphatic carbocycles. The highest BCUT2D eigenvalue weighted by Gasteiger charge is 2.17. The van der Waals surface area contributed by atoms with Crippen LogP contribution in [0.25, 0.3) is 0 Å². The zero-order valence-electron chi connectivity index (χ0n) is 10.8. The van der Waals surface area contributed by atoms with Crippen LogP contribution in [-0.2, 0) is 0 Å². The third-order valence-electron chi connectivity index (χ3n) is 2.83. The number of amides is 1. The van der Waals surface area contributed by atoms with Gasteiger partial charge < -0.3 is 11.1 Å². The smallest absolute Gasteiger partial charge is 0.258 e. The Morgan fingerprint density at radius 2 is 1.57 bits per heavy atom. The number of anilines is 2. The molecule has 2 rings (SSSR count). The number of rotatable bonds is 2. The fraction of sp³-hybridized carbons (Fsp3) is 0.0714. The zero-order valence-corrected chi connectivity index (χ0v) is 10.8. The van der Waals surface area contributed by atoms with Crippen LogP contribution in [0, 0.1) is 30.2 Å². The average Bonchev–Trinajstić information content (AvgIpc) is 2.40. The molecule has 110 valence electrons. The van der Waals surface area contributed by atoms with Gasteiger partial charge in [0.15, 0.2) is 0 Å². The first kappa shape index (κ1) is 14.8. The molecule has 3 nitrogen and oxygen atoms in total. The zero-order chi connectivity index (χ0) is 15.7. The number of halogens is 4. The van der Waals surface area contributed by atoms with E-state index in [0.29, 0.717) is 12.1 Å². The van der Waals surface area contributed by atoms with E-state index in [1.54, 1.807) is 0 Å². The first-order valence-electron chi connectivity index (χ1n) is 5.81. The number of carbonyl (C=O) groups excluding carboxylic acids is 1. The Labute approximate surface area is 117 Å². The third kappa shape index (κ3) is 2.96. The number of nitrogen functional groups attached to an aromatic ring is 1. The molecule has 2 aromatic carbocycles. The molecule has 0 saturated heterocycles. The number of nitrogens with one attached hydrogen (secondary N) is 1. The molecule has 21 heavy (non-hydrogen) atoms. The molecule has 0 bridgehead atoms. The lowest BCUT2D eigenvalue weighted by atomic mass is 10.1. The fourth-order valence-electron chi connectivity index (χ4n) is 1.68. The summed E-state index contributed by atoms with van der Waals surface area (Å²) in [5.41, 5.74) is 4.08. The number of hydrogen-bond acceptors (Lipinski definition) is 2. The van der Waals surface area contributed by atoms with Crippen LogP contribution in [0.3, 0.4) is 0 Å². The molecule has 0 saturated carbocycles. The van der Waals surface area contributed by atoms with Crippen LogP contribution < -0.4 is 11.1 Å². The van der Waals surface area contributed by atoms with Crippen molar-refractivity contribution in [2.75, 3.05) is 11.1 Å². The van der Waals surface area contributed by atoms with E-state index in [1.807, 2.05) is 0 Å². The van der Waals surface area contributed by atoms with Crippen molar-refractivity contribution in [3.63, 3.8) is 0 Å². The summed E-state index contributed by atoms with van der Waals surface area (Å²) in [5.74, 6) is -4.93. The predicted octanol–water partition coefficient (Wildman–Crippen LogP) is 3.39. The molecule has 0 atom stereocenters. The lowest BCUT2D eigenvalue weighted by molar-refractivity contribution is 0.102. The van der Waals surface area contributed by atoms with E-state index >= 15 is 0 Å². The minimum absolute atomic E-state index is 0.0561. The Kier molecular flexibility index (Phi) is 3.84. The largest absolute Gasteiger partial charge is 0.396 e. The molecular weight excluding hydrogens is 288 g/mol. The molecule has 0 heterocycles. The summed E-state index contributed by atoms with van der Waals surface area (Å²) in [7, 11) is 0. The molecule has 2 aromatic rings. The Morgan fingerprint density at radius 1 is 0.952 bits per heavy atom. The minimum atomic E-state index is -1.09. The molecule has 0 aliphatic rings. The summed E-state index contributed by atoms with van der Waals surface area (Å²) in [6.45, 7) is 1.35. The third-order valence-corrected chi connectivity index (χ3v) is 2.83. The second-order valence-electron chi connectivity index (χ2n) is 4.39. The van der Waals surface area contributed by atoms with Crippen LogP contribution in [0.4, 0.5) is 28.9 Å². The number of hydrogen-bond donors (Lipinski definition) is 2. The maximum atomic E-state index is 13.5. The standard InChI is InChI=1S/C14H10F4N2O/c1-6-2-7(9(16)3-8(6)15)14(21)20-13-5-12(19)10(17)4-11(13)18/h2-5H,19H2,1H3,(H,20,21). The lowest BCUT2D eigenvalue weighted by Crippen LogP contribution is -2.16. The monoisotopic (exact) mass is 298 g/mol. The normalized spacial score (nSPS) is 10.5. The van der Waals surface area contributed by atoms with E-state index in [1.165, 1.54) is 6.92 Å². The van der Waals surface area contributed by atoms with Crippen molar-refractivity contribution < 1.29 is 22.4 Å². The van der Waals surface area contributed by atoms with E-state index < -0.39 is 40.4 Å². The molecule has 7 heteroatoms. The van der Waals surface area contributed by atoms with Crippen LogP contribution in [0.1, 0.15) is 15.9 Å². The summed E-state index contributed by atoms with van der Waals surface area (Å²) >= 11 is 0. The highest BCUT2D eigenvalue weighted by molar-refractivity contribution is 6.04. The van der Waals surface area contributed by atoms with Gasteiger partial charge in [-0.05, 0) is 24.6 Å². The van der Waals surface area contributed by atoms with Crippen LogP contribution in [-0.4, -0.2) is 5.91 Å². The molecule has 0 aliphatic heterocycles. The van der Waals surface area contributed by atoms with Gasteiger partial charge in [0.25, 0.3) is 5.91 Å². The summed E-state index contributed by atoms with van der Waals surface area (Å²) < 4.78 is 53.2. The molecular formula is C14H10F4N2O. The van der Waals surface area contributed by atoms with E-state index in [4.69, 9.17) is 5.73 Å². The van der Waals surface area contributed by atoms with Crippen LogP contribution >= 0.6 is 0 Å². The Balaban J connectivity index is 2.35. The Bertz CT molecular complexity index is 731. The summed E-state index contributed by atoms with van der Waals surface area (Å²) in [6, 6.07) is 2.92. The predicted molar refractivity (Wildman–Crippen MR) is 69.8 cm³/mol. The molecule has 0 aromatic heterocycles. The molecule has 0 fully saturated rings. The summed E-state index contributed by atoms with van der Waals surface area (Å²) in [4.78, 5) is 11.9. The number of benzene rings is 2. The van der Waals surface area contributed by atoms with Gasteiger partial charge in [-0.15, -0.1) is 0 Å². The maximum absolute atomic E-state index is 13.5. The van der Waals surface area contributed by atoms with Crippen molar-refractivity contribution in [3.8, 4) is 0 Å². The van der Waals surface area contributed by atoms with E-state index in [-0.39, 0.29) is 11.3 Å². The SMILES string of the molecule is Cc1cc(C(=O)Nc2cc(N)c(F)cc2F)c(F)cc1F. The lowest BCUT2D eigenvalue weighted by Gasteiger charge is -2.09. The van der Waals surface area contributed by atoms with Crippen molar-refractivity contribution in [2.45, 2.75) is 6.92 Å². The number of nitrogens with two attached hydrogens (primary N) is 1. The Hall–Kier alpha value is -2.57. The van der Waals surface area contributed by atoms with Gasteiger partial charge in [0.2, 0.25) is 0 Å². The maximum Gasteiger partial charge on any atom is 0.258 e. The average molecular weight is 298 g/mol. The van der Waals surface area contributed by atoms with Crippen LogP contribution in [0.15, 0.2) is 24.3 Å². The van der Waals surface area contributed by atoms with Crippen molar-refractivity contribution in [1.29, 1.82) is 0 Å². The Morgan fingerprint density at radius 3 is 2.24 bits per heavy atom. The van der Waals surface area contributed by atoms with Gasteiger partial charge >= 0.3 is 0 Å². The van der Waals surface area contributed by atoms with Gasteiger partial charge in [-0.1, -0.05) is 0 Å². The molecule has 0 unspecified atom stereocenters. The van der Waals surface area contributed by atoms with Crippen LogP contribution in [0.5, 0.6) is 0 Å². The quantitative estimate of drug-likeness (QED) is 0.659. The highest BCUT2D eigenvalue weighted by atomic mass is 19.1. The van der Waals surface area contributed by atoms with Crippen molar-refractivity contribution in [1.82, 2.24) is 0 Å². The van der Waals surface area contributed by atoms with E-state index in [0.717, 1.165) is 12.1 Å². The topological polar surface area (TPSA) is 55.1 Å². The van der Waals surface area contributed by atoms with E-state index in [9.17, 15) is 22.4 Å². The number of carbonyl (C=O) groups is 1. The van der Waals surface area contributed by atoms with Gasteiger partial charge in [0.1, 0.15) is 23.3 Å². The van der Waals surface area contributed by atoms with Crippen molar-refractivity contribution in [2.24, 2.45) is 0 Å². The first-order valence-corrected chi connectivity index (χ1v) is 5.81. The number of aryl methyl sites for hydroxylation is 1. The molecule has 3 N–H and O–H groups in total. The van der Waals surface area contributed by atoms with Gasteiger partial charge in [0, 0.05) is 12.1 Å². The van der Waals surface area contributed by atoms with Gasteiger partial charge in [-0.25, -0.2) is 17.6 Å². The van der Waals surface area contributed by atoms with Crippen molar-refractivity contribution in [3.05, 3.63) is 58.7 Å². The van der Waals surface area contributed by atoms with Gasteiger partial charge in [-0.3, -0.25) is 4.79 Å². The van der Waals surface area contributed by atoms with Gasteiger partial charge in [-0.2, -0.15) is 0 Å². The minimum Gasteiger partial charge on any atom is -0.396 e. The summed E-state index contributed by atoms with van der Waals surface area (Å²) in [5, 5.41) is 2.06.